The van der Waals surface area contributed by atoms with Gasteiger partial charge in [0.1, 0.15) is 9.81 Å². The molecule has 17 heavy (non-hydrogen) atoms. The number of hydrogen-bond donors (Lipinski definition) is 0. The second-order valence-corrected chi connectivity index (χ2v) is 7.87. The fourth-order valence-corrected chi connectivity index (χ4v) is 3.53. The summed E-state index contributed by atoms with van der Waals surface area (Å²) in [7, 11) is -3.35. The highest BCUT2D eigenvalue weighted by Crippen LogP contribution is 2.18. The lowest BCUT2D eigenvalue weighted by atomic mass is 10.2. The van der Waals surface area contributed by atoms with Gasteiger partial charge in [0.2, 0.25) is 0 Å². The van der Waals surface area contributed by atoms with Crippen molar-refractivity contribution in [2.45, 2.75) is 37.0 Å². The molecule has 0 aromatic carbocycles. The quantitative estimate of drug-likeness (QED) is 0.791. The van der Waals surface area contributed by atoms with Crippen LogP contribution >= 0.6 is 11.3 Å². The number of hydrogen-bond acceptors (Lipinski definition) is 5. The molecule has 1 rings (SSSR count). The van der Waals surface area contributed by atoms with Gasteiger partial charge in [0.15, 0.2) is 9.84 Å². The van der Waals surface area contributed by atoms with Gasteiger partial charge in [-0.1, -0.05) is 6.07 Å². The van der Waals surface area contributed by atoms with Crippen LogP contribution in [-0.4, -0.2) is 25.7 Å². The Morgan fingerprint density at radius 2 is 2.06 bits per heavy atom. The van der Waals surface area contributed by atoms with Crippen LogP contribution in [0.4, 0.5) is 0 Å². The second kappa shape index (κ2) is 5.18. The van der Waals surface area contributed by atoms with Crippen LogP contribution in [0.15, 0.2) is 21.7 Å². The minimum atomic E-state index is -3.35. The van der Waals surface area contributed by atoms with Crippen LogP contribution < -0.4 is 0 Å². The molecule has 0 aliphatic carbocycles. The van der Waals surface area contributed by atoms with E-state index in [1.165, 1.54) is 6.07 Å². The van der Waals surface area contributed by atoms with E-state index in [2.05, 4.69) is 0 Å². The molecule has 6 heteroatoms. The van der Waals surface area contributed by atoms with E-state index in [9.17, 15) is 13.2 Å². The monoisotopic (exact) mass is 276 g/mol. The molecule has 1 aromatic heterocycles. The third-order valence-electron chi connectivity index (χ3n) is 1.80. The zero-order valence-corrected chi connectivity index (χ0v) is 11.7. The first kappa shape index (κ1) is 14.2. The molecular weight excluding hydrogens is 260 g/mol. The molecule has 0 saturated carbocycles. The van der Waals surface area contributed by atoms with E-state index in [0.717, 1.165) is 11.3 Å². The van der Waals surface area contributed by atoms with Gasteiger partial charge < -0.3 is 4.74 Å². The number of esters is 1. The minimum absolute atomic E-state index is 0.114. The summed E-state index contributed by atoms with van der Waals surface area (Å²) in [6.07, 6.45) is -0.114. The zero-order valence-electron chi connectivity index (χ0n) is 10.1. The molecule has 0 aliphatic heterocycles. The molecule has 4 nitrogen and oxygen atoms in total. The number of ether oxygens (including phenoxy) is 1. The van der Waals surface area contributed by atoms with Crippen molar-refractivity contribution in [3.05, 3.63) is 17.5 Å². The SMILES string of the molecule is CC(C)(C)OC(=O)CCS(=O)(=O)c1cccs1. The standard InChI is InChI=1S/C11H16O4S2/c1-11(2,3)15-9(12)6-8-17(13,14)10-5-4-7-16-10/h4-5,7H,6,8H2,1-3H3. The number of carbonyl (C=O) groups is 1. The van der Waals surface area contributed by atoms with E-state index in [1.807, 2.05) is 0 Å². The number of rotatable bonds is 4. The smallest absolute Gasteiger partial charge is 0.307 e. The van der Waals surface area contributed by atoms with Crippen LogP contribution in [0.2, 0.25) is 0 Å². The first-order chi connectivity index (χ1) is 7.71. The van der Waals surface area contributed by atoms with Crippen molar-refractivity contribution in [2.75, 3.05) is 5.75 Å². The topological polar surface area (TPSA) is 60.4 Å². The maximum Gasteiger partial charge on any atom is 0.307 e. The van der Waals surface area contributed by atoms with Gasteiger partial charge in [-0.05, 0) is 32.2 Å². The van der Waals surface area contributed by atoms with Crippen LogP contribution in [0.3, 0.4) is 0 Å². The Kier molecular flexibility index (Phi) is 4.32. The Balaban J connectivity index is 2.55. The molecule has 1 aromatic rings. The predicted molar refractivity (Wildman–Crippen MR) is 66.8 cm³/mol. The highest BCUT2D eigenvalue weighted by atomic mass is 32.2. The molecule has 0 bridgehead atoms. The van der Waals surface area contributed by atoms with E-state index < -0.39 is 21.4 Å². The van der Waals surface area contributed by atoms with E-state index in [4.69, 9.17) is 4.74 Å². The maximum absolute atomic E-state index is 11.8. The minimum Gasteiger partial charge on any atom is -0.460 e. The summed E-state index contributed by atoms with van der Waals surface area (Å²) in [6.45, 7) is 5.25. The van der Waals surface area contributed by atoms with E-state index >= 15 is 0 Å². The van der Waals surface area contributed by atoms with Crippen LogP contribution in [0.1, 0.15) is 27.2 Å². The van der Waals surface area contributed by atoms with Gasteiger partial charge in [0, 0.05) is 0 Å². The molecule has 1 heterocycles. The third kappa shape index (κ3) is 4.87. The molecule has 0 radical (unpaired) electrons. The fraction of sp³-hybridized carbons (Fsp3) is 0.545. The third-order valence-corrected chi connectivity index (χ3v) is 5.00. The Labute approximate surface area is 106 Å². The summed E-state index contributed by atoms with van der Waals surface area (Å²) >= 11 is 1.15. The molecular formula is C11H16O4S2. The normalized spacial score (nSPS) is 12.4. The van der Waals surface area contributed by atoms with Gasteiger partial charge in [-0.3, -0.25) is 4.79 Å². The largest absolute Gasteiger partial charge is 0.460 e. The summed E-state index contributed by atoms with van der Waals surface area (Å²) in [4.78, 5) is 11.4. The lowest BCUT2D eigenvalue weighted by Crippen LogP contribution is -2.25. The first-order valence-corrected chi connectivity index (χ1v) is 7.72. The van der Waals surface area contributed by atoms with Crippen molar-refractivity contribution in [2.24, 2.45) is 0 Å². The number of carbonyl (C=O) groups excluding carboxylic acids is 1. The maximum atomic E-state index is 11.8. The highest BCUT2D eigenvalue weighted by molar-refractivity contribution is 7.93. The van der Waals surface area contributed by atoms with Crippen LogP contribution in [0.25, 0.3) is 0 Å². The van der Waals surface area contributed by atoms with Crippen molar-refractivity contribution in [3.8, 4) is 0 Å². The summed E-state index contributed by atoms with van der Waals surface area (Å²) in [5, 5.41) is 1.69. The summed E-state index contributed by atoms with van der Waals surface area (Å²) in [6, 6.07) is 3.21. The fourth-order valence-electron chi connectivity index (χ4n) is 1.15. The molecule has 0 aliphatic rings. The Morgan fingerprint density at radius 1 is 1.41 bits per heavy atom. The van der Waals surface area contributed by atoms with Crippen LogP contribution in [0.5, 0.6) is 0 Å². The van der Waals surface area contributed by atoms with E-state index in [1.54, 1.807) is 32.2 Å². The molecule has 96 valence electrons. The van der Waals surface area contributed by atoms with Crippen molar-refractivity contribution in [1.82, 2.24) is 0 Å². The number of thiophene rings is 1. The molecule has 0 saturated heterocycles. The van der Waals surface area contributed by atoms with Crippen LogP contribution in [0, 0.1) is 0 Å². The average Bonchev–Trinajstić information content (AvgIpc) is 2.65. The van der Waals surface area contributed by atoms with Gasteiger partial charge >= 0.3 is 5.97 Å². The molecule has 0 fully saturated rings. The van der Waals surface area contributed by atoms with E-state index in [0.29, 0.717) is 4.21 Å². The summed E-state index contributed by atoms with van der Waals surface area (Å²) in [5.41, 5.74) is -0.580. The Hall–Kier alpha value is -0.880. The highest BCUT2D eigenvalue weighted by Gasteiger charge is 2.21. The van der Waals surface area contributed by atoms with Gasteiger partial charge in [-0.25, -0.2) is 8.42 Å². The number of sulfone groups is 1. The van der Waals surface area contributed by atoms with Crippen molar-refractivity contribution in [3.63, 3.8) is 0 Å². The summed E-state index contributed by atoms with van der Waals surface area (Å²) in [5.74, 6) is -0.694. The predicted octanol–water partition coefficient (Wildman–Crippen LogP) is 2.25. The van der Waals surface area contributed by atoms with Gasteiger partial charge in [-0.15, -0.1) is 11.3 Å². The van der Waals surface area contributed by atoms with Gasteiger partial charge in [0.25, 0.3) is 0 Å². The van der Waals surface area contributed by atoms with Gasteiger partial charge in [-0.2, -0.15) is 0 Å². The Morgan fingerprint density at radius 3 is 2.53 bits per heavy atom. The van der Waals surface area contributed by atoms with Crippen LogP contribution in [-0.2, 0) is 19.4 Å². The molecule has 0 unspecified atom stereocenters. The first-order valence-electron chi connectivity index (χ1n) is 5.19. The molecule has 0 amide bonds. The lowest BCUT2D eigenvalue weighted by Gasteiger charge is -2.19. The van der Waals surface area contributed by atoms with Crippen molar-refractivity contribution in [1.29, 1.82) is 0 Å². The van der Waals surface area contributed by atoms with Gasteiger partial charge in [0.05, 0.1) is 12.2 Å². The molecule has 0 spiro atoms. The summed E-state index contributed by atoms with van der Waals surface area (Å²) < 4.78 is 28.9. The van der Waals surface area contributed by atoms with Crippen molar-refractivity contribution < 1.29 is 17.9 Å². The average molecular weight is 276 g/mol. The zero-order chi connectivity index (χ0) is 13.1. The molecule has 0 N–H and O–H groups in total. The van der Waals surface area contributed by atoms with E-state index in [-0.39, 0.29) is 12.2 Å². The van der Waals surface area contributed by atoms with Crippen molar-refractivity contribution >= 4 is 27.1 Å². The second-order valence-electron chi connectivity index (χ2n) is 4.59. The molecule has 0 atom stereocenters. The Bertz CT molecular complexity index is 466. The lowest BCUT2D eigenvalue weighted by molar-refractivity contribution is -0.154.